The first-order valence-electron chi connectivity index (χ1n) is 10.5. The average molecular weight is 423 g/mol. The molecular formula is C24H30N4OS. The minimum Gasteiger partial charge on any atom is -0.353 e. The summed E-state index contributed by atoms with van der Waals surface area (Å²) in [7, 11) is 0. The number of amides is 1. The second-order valence-corrected chi connectivity index (χ2v) is 8.88. The van der Waals surface area contributed by atoms with Crippen molar-refractivity contribution in [3.63, 3.8) is 0 Å². The molecule has 0 aliphatic carbocycles. The fourth-order valence-corrected chi connectivity index (χ4v) is 4.67. The van der Waals surface area contributed by atoms with Gasteiger partial charge in [0, 0.05) is 31.7 Å². The van der Waals surface area contributed by atoms with Gasteiger partial charge in [-0.3, -0.25) is 4.79 Å². The third kappa shape index (κ3) is 5.34. The lowest BCUT2D eigenvalue weighted by Gasteiger charge is -2.36. The number of carbonyl (C=O) groups is 1. The quantitative estimate of drug-likeness (QED) is 0.386. The van der Waals surface area contributed by atoms with Crippen molar-refractivity contribution < 1.29 is 4.79 Å². The Morgan fingerprint density at radius 2 is 1.90 bits per heavy atom. The van der Waals surface area contributed by atoms with Crippen molar-refractivity contribution in [2.45, 2.75) is 43.9 Å². The molecule has 2 atom stereocenters. The van der Waals surface area contributed by atoms with Crippen LogP contribution in [0.1, 0.15) is 31.4 Å². The summed E-state index contributed by atoms with van der Waals surface area (Å²) in [5.41, 5.74) is 2.12. The summed E-state index contributed by atoms with van der Waals surface area (Å²) < 4.78 is 0. The highest BCUT2D eigenvalue weighted by atomic mass is 32.2. The molecule has 0 bridgehead atoms. The monoisotopic (exact) mass is 422 g/mol. The Morgan fingerprint density at radius 3 is 2.53 bits per heavy atom. The highest BCUT2D eigenvalue weighted by Gasteiger charge is 2.25. The first kappa shape index (κ1) is 22.2. The topological polar surface area (TPSA) is 49.3 Å². The minimum atomic E-state index is 0.101. The number of hydrogen-bond donors (Lipinski definition) is 0. The van der Waals surface area contributed by atoms with Gasteiger partial charge < -0.3 is 9.80 Å². The van der Waals surface area contributed by atoms with E-state index in [0.29, 0.717) is 25.4 Å². The van der Waals surface area contributed by atoms with Crippen LogP contribution in [0.15, 0.2) is 41.7 Å². The Morgan fingerprint density at radius 1 is 1.20 bits per heavy atom. The number of benzene rings is 1. The smallest absolute Gasteiger partial charge is 0.227 e. The van der Waals surface area contributed by atoms with Crippen LogP contribution < -0.4 is 4.90 Å². The van der Waals surface area contributed by atoms with Crippen LogP contribution in [0.4, 0.5) is 5.82 Å². The first-order valence-corrected chi connectivity index (χ1v) is 11.4. The van der Waals surface area contributed by atoms with Gasteiger partial charge in [-0.15, -0.1) is 6.42 Å². The van der Waals surface area contributed by atoms with Crippen molar-refractivity contribution in [2.75, 3.05) is 31.1 Å². The molecule has 1 fully saturated rings. The fraction of sp³-hybridized carbons (Fsp3) is 0.458. The zero-order valence-electron chi connectivity index (χ0n) is 18.0. The summed E-state index contributed by atoms with van der Waals surface area (Å²) in [6, 6.07) is 9.92. The van der Waals surface area contributed by atoms with Crippen LogP contribution in [0.5, 0.6) is 0 Å². The summed E-state index contributed by atoms with van der Waals surface area (Å²) in [6.07, 6.45) is 8.89. The van der Waals surface area contributed by atoms with Gasteiger partial charge in [0.15, 0.2) is 0 Å². The molecule has 5 nitrogen and oxygen atoms in total. The molecule has 0 radical (unpaired) electrons. The number of thioether (sulfide) groups is 1. The minimum absolute atomic E-state index is 0.101. The van der Waals surface area contributed by atoms with Crippen molar-refractivity contribution in [2.24, 2.45) is 5.92 Å². The number of carbonyl (C=O) groups excluding carboxylic acids is 1. The Balaban J connectivity index is 1.63. The highest BCUT2D eigenvalue weighted by Crippen LogP contribution is 2.33. The van der Waals surface area contributed by atoms with E-state index in [0.717, 1.165) is 41.5 Å². The lowest BCUT2D eigenvalue weighted by Crippen LogP contribution is -2.49. The zero-order valence-corrected chi connectivity index (χ0v) is 18.9. The standard InChI is InChI=1S/C24H30N4OS/c1-5-18(3)21(6-2)30-24-19(4)23(25-17-26-24)28-14-12-27(13-15-28)22(29)16-20-10-8-7-9-11-20/h2,7-11,17-18,21H,5,12-16H2,1,3-4H3. The van der Waals surface area contributed by atoms with E-state index in [4.69, 9.17) is 6.42 Å². The molecule has 0 N–H and O–H groups in total. The molecule has 3 rings (SSSR count). The predicted octanol–water partition coefficient (Wildman–Crippen LogP) is 3.82. The van der Waals surface area contributed by atoms with Gasteiger partial charge >= 0.3 is 0 Å². The average Bonchev–Trinajstić information content (AvgIpc) is 2.78. The van der Waals surface area contributed by atoms with E-state index in [1.807, 2.05) is 35.2 Å². The van der Waals surface area contributed by atoms with E-state index in [-0.39, 0.29) is 11.2 Å². The molecule has 1 amide bonds. The molecule has 1 saturated heterocycles. The second kappa shape index (κ2) is 10.5. The molecule has 2 unspecified atom stereocenters. The third-order valence-corrected chi connectivity index (χ3v) is 7.19. The SMILES string of the molecule is C#CC(Sc1ncnc(N2CCN(C(=O)Cc3ccccc3)CC2)c1C)C(C)CC. The Kier molecular flexibility index (Phi) is 7.75. The van der Waals surface area contributed by atoms with Crippen molar-refractivity contribution in [3.8, 4) is 12.3 Å². The van der Waals surface area contributed by atoms with Gasteiger partial charge in [-0.05, 0) is 18.4 Å². The number of terminal acetylenes is 1. The molecule has 2 aromatic rings. The third-order valence-electron chi connectivity index (χ3n) is 5.70. The lowest BCUT2D eigenvalue weighted by atomic mass is 10.1. The Bertz CT molecular complexity index is 888. The molecule has 2 heterocycles. The Hall–Kier alpha value is -2.52. The summed E-state index contributed by atoms with van der Waals surface area (Å²) in [5, 5.41) is 1.05. The van der Waals surface area contributed by atoms with E-state index in [1.165, 1.54) is 0 Å². The maximum atomic E-state index is 12.6. The van der Waals surface area contributed by atoms with Crippen LogP contribution in [0, 0.1) is 25.2 Å². The summed E-state index contributed by atoms with van der Waals surface area (Å²) >= 11 is 1.65. The summed E-state index contributed by atoms with van der Waals surface area (Å²) in [5.74, 6) is 4.47. The molecule has 30 heavy (non-hydrogen) atoms. The van der Waals surface area contributed by atoms with Gasteiger partial charge in [-0.2, -0.15) is 0 Å². The normalized spacial score (nSPS) is 16.1. The van der Waals surface area contributed by atoms with Crippen molar-refractivity contribution in [3.05, 3.63) is 47.8 Å². The van der Waals surface area contributed by atoms with Gasteiger partial charge in [0.2, 0.25) is 5.91 Å². The molecule has 1 aromatic heterocycles. The number of rotatable bonds is 7. The van der Waals surface area contributed by atoms with E-state index < -0.39 is 0 Å². The van der Waals surface area contributed by atoms with Gasteiger partial charge in [0.25, 0.3) is 0 Å². The van der Waals surface area contributed by atoms with Crippen LogP contribution in [0.3, 0.4) is 0 Å². The maximum absolute atomic E-state index is 12.6. The van der Waals surface area contributed by atoms with Gasteiger partial charge in [0.05, 0.1) is 11.7 Å². The number of hydrogen-bond acceptors (Lipinski definition) is 5. The van der Waals surface area contributed by atoms with E-state index in [9.17, 15) is 4.79 Å². The van der Waals surface area contributed by atoms with E-state index >= 15 is 0 Å². The lowest BCUT2D eigenvalue weighted by molar-refractivity contribution is -0.130. The van der Waals surface area contributed by atoms with Gasteiger partial charge in [-0.1, -0.05) is 68.3 Å². The van der Waals surface area contributed by atoms with Crippen LogP contribution >= 0.6 is 11.8 Å². The Labute approximate surface area is 184 Å². The number of anilines is 1. The molecule has 6 heteroatoms. The molecule has 0 saturated carbocycles. The zero-order chi connectivity index (χ0) is 21.5. The summed E-state index contributed by atoms with van der Waals surface area (Å²) in [6.45, 7) is 9.36. The van der Waals surface area contributed by atoms with Crippen LogP contribution in [0.25, 0.3) is 0 Å². The van der Waals surface area contributed by atoms with Crippen molar-refractivity contribution in [1.29, 1.82) is 0 Å². The molecule has 158 valence electrons. The highest BCUT2D eigenvalue weighted by molar-refractivity contribution is 8.00. The van der Waals surface area contributed by atoms with E-state index in [2.05, 4.69) is 41.6 Å². The number of aromatic nitrogens is 2. The molecule has 0 spiro atoms. The van der Waals surface area contributed by atoms with Gasteiger partial charge in [-0.25, -0.2) is 9.97 Å². The van der Waals surface area contributed by atoms with E-state index in [1.54, 1.807) is 18.1 Å². The molecule has 1 aromatic carbocycles. The second-order valence-electron chi connectivity index (χ2n) is 7.75. The maximum Gasteiger partial charge on any atom is 0.227 e. The van der Waals surface area contributed by atoms with Gasteiger partial charge in [0.1, 0.15) is 17.2 Å². The van der Waals surface area contributed by atoms with Crippen LogP contribution in [-0.4, -0.2) is 52.2 Å². The fourth-order valence-electron chi connectivity index (χ4n) is 3.56. The first-order chi connectivity index (χ1) is 14.5. The summed E-state index contributed by atoms with van der Waals surface area (Å²) in [4.78, 5) is 25.9. The van der Waals surface area contributed by atoms with Crippen molar-refractivity contribution in [1.82, 2.24) is 14.9 Å². The molecule has 1 aliphatic rings. The predicted molar refractivity (Wildman–Crippen MR) is 124 cm³/mol. The number of nitrogens with zero attached hydrogens (tertiary/aromatic N) is 4. The molecular weight excluding hydrogens is 392 g/mol. The van der Waals surface area contributed by atoms with Crippen molar-refractivity contribution >= 4 is 23.5 Å². The largest absolute Gasteiger partial charge is 0.353 e. The van der Waals surface area contributed by atoms with Crippen LogP contribution in [0.2, 0.25) is 0 Å². The molecule has 1 aliphatic heterocycles. The number of piperazine rings is 1. The van der Waals surface area contributed by atoms with Crippen LogP contribution in [-0.2, 0) is 11.2 Å².